The van der Waals surface area contributed by atoms with Crippen molar-refractivity contribution in [3.8, 4) is 35.0 Å². The maximum Gasteiger partial charge on any atom is 0.343 e. The van der Waals surface area contributed by atoms with Crippen LogP contribution < -0.4 is 9.47 Å². The molecule has 0 aliphatic rings. The Bertz CT molecular complexity index is 1210. The lowest BCUT2D eigenvalue weighted by Gasteiger charge is -2.10. The summed E-state index contributed by atoms with van der Waals surface area (Å²) in [6.07, 6.45) is 20.5. The summed E-state index contributed by atoms with van der Waals surface area (Å²) in [5, 5.41) is 0. The first kappa shape index (κ1) is 33.9. The second-order valence-corrected chi connectivity index (χ2v) is 11.4. The van der Waals surface area contributed by atoms with Gasteiger partial charge in [0.25, 0.3) is 0 Å². The van der Waals surface area contributed by atoms with Gasteiger partial charge in [-0.15, -0.1) is 12.3 Å². The first-order valence-corrected chi connectivity index (χ1v) is 16.3. The van der Waals surface area contributed by atoms with Gasteiger partial charge in [-0.25, -0.2) is 9.18 Å². The molecular weight excluding hydrogens is 535 g/mol. The normalized spacial score (nSPS) is 11.6. The molecule has 3 aromatic carbocycles. The van der Waals surface area contributed by atoms with Gasteiger partial charge in [-0.2, -0.15) is 0 Å². The standard InChI is InChI=1S/C39H49FO3/c1-3-5-7-9-10-11-12-13-14-16-30-42-37-28-24-34(25-29-37)33-20-22-35(23-21-33)39(41)43-38-26-18-32(19-27-38)31-36(40)17-15-8-6-4-2/h1,18-29,36H,4-17,30-31H2,2H3/t36-/m0/s1. The molecule has 0 saturated heterocycles. The Balaban J connectivity index is 1.35. The molecule has 0 fully saturated rings. The first-order valence-electron chi connectivity index (χ1n) is 16.3. The van der Waals surface area contributed by atoms with Gasteiger partial charge >= 0.3 is 5.97 Å². The van der Waals surface area contributed by atoms with Crippen LogP contribution in [0.2, 0.25) is 0 Å². The molecule has 0 saturated carbocycles. The zero-order valence-corrected chi connectivity index (χ0v) is 26.0. The van der Waals surface area contributed by atoms with Crippen molar-refractivity contribution in [2.75, 3.05) is 6.61 Å². The van der Waals surface area contributed by atoms with Crippen molar-refractivity contribution in [1.29, 1.82) is 0 Å². The number of alkyl halides is 1. The van der Waals surface area contributed by atoms with Crippen LogP contribution >= 0.6 is 0 Å². The van der Waals surface area contributed by atoms with Gasteiger partial charge in [0, 0.05) is 12.8 Å². The fourth-order valence-electron chi connectivity index (χ4n) is 5.13. The largest absolute Gasteiger partial charge is 0.494 e. The van der Waals surface area contributed by atoms with Crippen LogP contribution in [0.1, 0.15) is 113 Å². The smallest absolute Gasteiger partial charge is 0.343 e. The lowest BCUT2D eigenvalue weighted by Crippen LogP contribution is -2.08. The number of hydrogen-bond donors (Lipinski definition) is 0. The topological polar surface area (TPSA) is 35.5 Å². The van der Waals surface area contributed by atoms with E-state index in [1.54, 1.807) is 24.3 Å². The second-order valence-electron chi connectivity index (χ2n) is 11.4. The van der Waals surface area contributed by atoms with Crippen molar-refractivity contribution in [3.63, 3.8) is 0 Å². The van der Waals surface area contributed by atoms with Crippen LogP contribution in [0.15, 0.2) is 72.8 Å². The summed E-state index contributed by atoms with van der Waals surface area (Å²) in [5.74, 6) is 3.62. The zero-order valence-electron chi connectivity index (χ0n) is 26.0. The van der Waals surface area contributed by atoms with E-state index < -0.39 is 12.1 Å². The number of hydrogen-bond acceptors (Lipinski definition) is 3. The zero-order chi connectivity index (χ0) is 30.5. The van der Waals surface area contributed by atoms with E-state index in [1.165, 1.54) is 38.5 Å². The van der Waals surface area contributed by atoms with E-state index >= 15 is 0 Å². The van der Waals surface area contributed by atoms with Crippen LogP contribution in [0.3, 0.4) is 0 Å². The molecule has 0 heterocycles. The van der Waals surface area contributed by atoms with Crippen molar-refractivity contribution in [1.82, 2.24) is 0 Å². The summed E-state index contributed by atoms with van der Waals surface area (Å²) in [6, 6.07) is 22.6. The quantitative estimate of drug-likeness (QED) is 0.0541. The van der Waals surface area contributed by atoms with Crippen LogP contribution in [0.25, 0.3) is 11.1 Å². The van der Waals surface area contributed by atoms with Crippen LogP contribution in [0.5, 0.6) is 11.5 Å². The van der Waals surface area contributed by atoms with E-state index in [4.69, 9.17) is 15.9 Å². The molecule has 0 aliphatic heterocycles. The van der Waals surface area contributed by atoms with E-state index in [-0.39, 0.29) is 0 Å². The minimum atomic E-state index is -0.835. The van der Waals surface area contributed by atoms with Gasteiger partial charge in [0.15, 0.2) is 0 Å². The highest BCUT2D eigenvalue weighted by Crippen LogP contribution is 2.24. The maximum absolute atomic E-state index is 14.3. The fraction of sp³-hybridized carbons (Fsp3) is 0.462. The third-order valence-electron chi connectivity index (χ3n) is 7.75. The van der Waals surface area contributed by atoms with E-state index in [2.05, 4.69) is 12.8 Å². The number of benzene rings is 3. The van der Waals surface area contributed by atoms with Gasteiger partial charge in [-0.1, -0.05) is 108 Å². The highest BCUT2D eigenvalue weighted by atomic mass is 19.1. The molecular formula is C39H49FO3. The molecule has 0 spiro atoms. The number of esters is 1. The van der Waals surface area contributed by atoms with E-state index in [1.807, 2.05) is 48.5 Å². The third-order valence-corrected chi connectivity index (χ3v) is 7.75. The van der Waals surface area contributed by atoms with Crippen LogP contribution in [-0.4, -0.2) is 18.7 Å². The molecule has 3 aromatic rings. The summed E-state index contributed by atoms with van der Waals surface area (Å²) in [6.45, 7) is 2.89. The highest BCUT2D eigenvalue weighted by Gasteiger charge is 2.11. The second kappa shape index (κ2) is 20.3. The molecule has 0 unspecified atom stereocenters. The number of halogens is 1. The molecule has 43 heavy (non-hydrogen) atoms. The minimum Gasteiger partial charge on any atom is -0.494 e. The summed E-state index contributed by atoms with van der Waals surface area (Å²) in [4.78, 5) is 12.7. The molecule has 230 valence electrons. The molecule has 3 rings (SSSR count). The van der Waals surface area contributed by atoms with Crippen LogP contribution in [0.4, 0.5) is 4.39 Å². The molecule has 0 aliphatic carbocycles. The van der Waals surface area contributed by atoms with E-state index in [9.17, 15) is 9.18 Å². The number of ether oxygens (including phenoxy) is 2. The molecule has 0 radical (unpaired) electrons. The monoisotopic (exact) mass is 584 g/mol. The van der Waals surface area contributed by atoms with E-state index in [0.717, 1.165) is 74.0 Å². The fourth-order valence-corrected chi connectivity index (χ4v) is 5.13. The van der Waals surface area contributed by atoms with Gasteiger partial charge in [-0.3, -0.25) is 0 Å². The van der Waals surface area contributed by atoms with Crippen LogP contribution in [0, 0.1) is 12.3 Å². The Kier molecular flexibility index (Phi) is 16.0. The lowest BCUT2D eigenvalue weighted by atomic mass is 10.0. The molecule has 0 N–H and O–H groups in total. The molecule has 0 aromatic heterocycles. The minimum absolute atomic E-state index is 0.393. The molecule has 0 amide bonds. The molecule has 4 heteroatoms. The van der Waals surface area contributed by atoms with E-state index in [0.29, 0.717) is 24.2 Å². The van der Waals surface area contributed by atoms with Crippen molar-refractivity contribution in [3.05, 3.63) is 83.9 Å². The Morgan fingerprint density at radius 3 is 1.91 bits per heavy atom. The van der Waals surface area contributed by atoms with Crippen molar-refractivity contribution < 1.29 is 18.7 Å². The number of unbranched alkanes of at least 4 members (excludes halogenated alkanes) is 11. The predicted octanol–water partition coefficient (Wildman–Crippen LogP) is 10.9. The Morgan fingerprint density at radius 2 is 1.28 bits per heavy atom. The van der Waals surface area contributed by atoms with Gasteiger partial charge in [-0.05, 0) is 72.4 Å². The average Bonchev–Trinajstić information content (AvgIpc) is 3.03. The average molecular weight is 585 g/mol. The van der Waals surface area contributed by atoms with Crippen molar-refractivity contribution in [2.24, 2.45) is 0 Å². The number of carbonyl (C=O) groups is 1. The summed E-state index contributed by atoms with van der Waals surface area (Å²) < 4.78 is 25.7. The highest BCUT2D eigenvalue weighted by molar-refractivity contribution is 5.91. The van der Waals surface area contributed by atoms with Gasteiger partial charge in [0.05, 0.1) is 12.2 Å². The summed E-state index contributed by atoms with van der Waals surface area (Å²) >= 11 is 0. The maximum atomic E-state index is 14.3. The lowest BCUT2D eigenvalue weighted by molar-refractivity contribution is 0.0734. The van der Waals surface area contributed by atoms with Gasteiger partial charge in [0.1, 0.15) is 17.7 Å². The molecule has 1 atom stereocenters. The van der Waals surface area contributed by atoms with Gasteiger partial charge in [0.2, 0.25) is 0 Å². The number of rotatable bonds is 21. The summed E-state index contributed by atoms with van der Waals surface area (Å²) in [5.41, 5.74) is 3.47. The number of carbonyl (C=O) groups excluding carboxylic acids is 1. The summed E-state index contributed by atoms with van der Waals surface area (Å²) in [7, 11) is 0. The van der Waals surface area contributed by atoms with Gasteiger partial charge < -0.3 is 9.47 Å². The van der Waals surface area contributed by atoms with Crippen molar-refractivity contribution in [2.45, 2.75) is 109 Å². The Morgan fingerprint density at radius 1 is 0.721 bits per heavy atom. The predicted molar refractivity (Wildman–Crippen MR) is 177 cm³/mol. The first-order chi connectivity index (χ1) is 21.1. The SMILES string of the molecule is C#CCCCCCCCCCCOc1ccc(-c2ccc(C(=O)Oc3ccc(C[C@@H](F)CCCCCC)cc3)cc2)cc1. The Hall–Kier alpha value is -3.58. The molecule has 0 bridgehead atoms. The Labute approximate surface area is 259 Å². The van der Waals surface area contributed by atoms with Crippen LogP contribution in [-0.2, 0) is 6.42 Å². The number of terminal acetylenes is 1. The van der Waals surface area contributed by atoms with Crippen molar-refractivity contribution >= 4 is 5.97 Å². The molecule has 3 nitrogen and oxygen atoms in total. The third kappa shape index (κ3) is 13.5.